The molecule has 0 amide bonds. The molecule has 2 fully saturated rings. The number of esters is 1. The molecule has 132 valence electrons. The van der Waals surface area contributed by atoms with Gasteiger partial charge in [0, 0.05) is 14.2 Å². The van der Waals surface area contributed by atoms with Gasteiger partial charge in [0.2, 0.25) is 0 Å². The van der Waals surface area contributed by atoms with Crippen molar-refractivity contribution in [2.75, 3.05) is 27.8 Å². The third kappa shape index (κ3) is 3.60. The largest absolute Gasteiger partial charge is 0.456 e. The maximum absolute atomic E-state index is 11.9. The first-order valence-corrected chi connectivity index (χ1v) is 7.85. The SMILES string of the molecule is COCO[C@@H]1[C@H]2OC(=O)C[C@@H]1O[C@@H](c1ccccc1)[C@H]2OCOC. The van der Waals surface area contributed by atoms with Crippen LogP contribution in [0.3, 0.4) is 0 Å². The zero-order valence-electron chi connectivity index (χ0n) is 13.8. The van der Waals surface area contributed by atoms with Crippen molar-refractivity contribution in [2.24, 2.45) is 0 Å². The van der Waals surface area contributed by atoms with Crippen LogP contribution in [0.2, 0.25) is 0 Å². The molecule has 2 saturated heterocycles. The second-order valence-corrected chi connectivity index (χ2v) is 5.74. The van der Waals surface area contributed by atoms with Gasteiger partial charge in [-0.05, 0) is 5.56 Å². The van der Waals surface area contributed by atoms with Crippen molar-refractivity contribution in [3.05, 3.63) is 35.9 Å². The summed E-state index contributed by atoms with van der Waals surface area (Å²) in [5.41, 5.74) is 0.955. The molecule has 2 aliphatic rings. The first kappa shape index (κ1) is 17.3. The Morgan fingerprint density at radius 1 is 1.04 bits per heavy atom. The van der Waals surface area contributed by atoms with Crippen LogP contribution in [-0.4, -0.2) is 58.2 Å². The van der Waals surface area contributed by atoms with E-state index >= 15 is 0 Å². The van der Waals surface area contributed by atoms with Gasteiger partial charge in [0.25, 0.3) is 0 Å². The highest BCUT2D eigenvalue weighted by Gasteiger charge is 2.53. The molecule has 24 heavy (non-hydrogen) atoms. The molecule has 0 unspecified atom stereocenters. The van der Waals surface area contributed by atoms with Crippen LogP contribution in [0.25, 0.3) is 0 Å². The molecular weight excluding hydrogens is 316 g/mol. The molecule has 1 aromatic carbocycles. The number of fused-ring (bicyclic) bond motifs is 2. The van der Waals surface area contributed by atoms with E-state index in [1.165, 1.54) is 14.2 Å². The summed E-state index contributed by atoms with van der Waals surface area (Å²) < 4.78 is 33.2. The Balaban J connectivity index is 1.87. The molecule has 0 radical (unpaired) electrons. The van der Waals surface area contributed by atoms with E-state index in [-0.39, 0.29) is 32.1 Å². The number of carbonyl (C=O) groups excluding carboxylic acids is 1. The smallest absolute Gasteiger partial charge is 0.309 e. The zero-order chi connectivity index (χ0) is 16.9. The third-order valence-electron chi connectivity index (χ3n) is 4.15. The van der Waals surface area contributed by atoms with Gasteiger partial charge in [-0.15, -0.1) is 0 Å². The van der Waals surface area contributed by atoms with Gasteiger partial charge in [-0.1, -0.05) is 30.3 Å². The highest BCUT2D eigenvalue weighted by molar-refractivity contribution is 5.71. The van der Waals surface area contributed by atoms with Crippen molar-refractivity contribution in [3.63, 3.8) is 0 Å². The molecule has 2 bridgehead atoms. The summed E-state index contributed by atoms with van der Waals surface area (Å²) in [5, 5.41) is 0. The van der Waals surface area contributed by atoms with E-state index in [1.54, 1.807) is 0 Å². The van der Waals surface area contributed by atoms with Crippen molar-refractivity contribution in [1.82, 2.24) is 0 Å². The lowest BCUT2D eigenvalue weighted by atomic mass is 9.88. The minimum atomic E-state index is -0.583. The molecule has 0 N–H and O–H groups in total. The van der Waals surface area contributed by atoms with E-state index < -0.39 is 24.4 Å². The number of hydrogen-bond acceptors (Lipinski definition) is 7. The van der Waals surface area contributed by atoms with Crippen molar-refractivity contribution in [2.45, 2.75) is 36.9 Å². The first-order valence-electron chi connectivity index (χ1n) is 7.85. The molecule has 1 aromatic rings. The van der Waals surface area contributed by atoms with Crippen molar-refractivity contribution >= 4 is 5.97 Å². The fraction of sp³-hybridized carbons (Fsp3) is 0.588. The van der Waals surface area contributed by atoms with Gasteiger partial charge in [0.05, 0.1) is 12.5 Å². The van der Waals surface area contributed by atoms with Crippen LogP contribution >= 0.6 is 0 Å². The lowest BCUT2D eigenvalue weighted by Gasteiger charge is -2.48. The summed E-state index contributed by atoms with van der Waals surface area (Å²) in [6.45, 7) is 0.151. The maximum atomic E-state index is 11.9. The fourth-order valence-corrected chi connectivity index (χ4v) is 3.17. The normalized spacial score (nSPS) is 32.4. The second-order valence-electron chi connectivity index (χ2n) is 5.74. The summed E-state index contributed by atoms with van der Waals surface area (Å²) in [5.74, 6) is -0.320. The molecule has 7 heteroatoms. The van der Waals surface area contributed by atoms with E-state index in [4.69, 9.17) is 28.4 Å². The summed E-state index contributed by atoms with van der Waals surface area (Å²) in [7, 11) is 3.08. The monoisotopic (exact) mass is 338 g/mol. The highest BCUT2D eigenvalue weighted by atomic mass is 16.7. The number of methoxy groups -OCH3 is 2. The van der Waals surface area contributed by atoms with E-state index in [0.717, 1.165) is 5.56 Å². The molecule has 2 aliphatic heterocycles. The van der Waals surface area contributed by atoms with Gasteiger partial charge in [-0.2, -0.15) is 0 Å². The molecule has 3 rings (SSSR count). The van der Waals surface area contributed by atoms with Crippen LogP contribution in [0.1, 0.15) is 18.1 Å². The number of ether oxygens (including phenoxy) is 6. The Hall–Kier alpha value is -1.51. The number of rotatable bonds is 7. The predicted molar refractivity (Wildman–Crippen MR) is 82.1 cm³/mol. The topological polar surface area (TPSA) is 72.5 Å². The van der Waals surface area contributed by atoms with Gasteiger partial charge < -0.3 is 28.4 Å². The lowest BCUT2D eigenvalue weighted by molar-refractivity contribution is -0.293. The number of benzene rings is 1. The van der Waals surface area contributed by atoms with Gasteiger partial charge in [0.1, 0.15) is 31.9 Å². The Bertz CT molecular complexity index is 535. The fourth-order valence-electron chi connectivity index (χ4n) is 3.17. The molecular formula is C17H22O7. The lowest BCUT2D eigenvalue weighted by Crippen LogP contribution is -2.61. The van der Waals surface area contributed by atoms with Crippen LogP contribution < -0.4 is 0 Å². The van der Waals surface area contributed by atoms with E-state index in [2.05, 4.69) is 0 Å². The molecule has 2 heterocycles. The Morgan fingerprint density at radius 3 is 2.38 bits per heavy atom. The maximum Gasteiger partial charge on any atom is 0.309 e. The second kappa shape index (κ2) is 8.04. The summed E-state index contributed by atoms with van der Waals surface area (Å²) in [6, 6.07) is 9.72. The highest BCUT2D eigenvalue weighted by Crippen LogP contribution is 2.40. The van der Waals surface area contributed by atoms with Gasteiger partial charge in [-0.25, -0.2) is 0 Å². The van der Waals surface area contributed by atoms with E-state index in [0.29, 0.717) is 0 Å². The summed E-state index contributed by atoms with van der Waals surface area (Å²) in [4.78, 5) is 11.9. The Kier molecular flexibility index (Phi) is 5.80. The Morgan fingerprint density at radius 2 is 1.71 bits per heavy atom. The van der Waals surface area contributed by atoms with Crippen LogP contribution in [0.4, 0.5) is 0 Å². The van der Waals surface area contributed by atoms with Gasteiger partial charge in [0.15, 0.2) is 6.10 Å². The van der Waals surface area contributed by atoms with Gasteiger partial charge in [-0.3, -0.25) is 4.79 Å². The van der Waals surface area contributed by atoms with Gasteiger partial charge >= 0.3 is 5.97 Å². The van der Waals surface area contributed by atoms with Crippen LogP contribution in [0, 0.1) is 0 Å². The van der Waals surface area contributed by atoms with Crippen LogP contribution in [-0.2, 0) is 33.2 Å². The van der Waals surface area contributed by atoms with E-state index in [9.17, 15) is 4.79 Å². The van der Waals surface area contributed by atoms with Crippen LogP contribution in [0.15, 0.2) is 30.3 Å². The molecule has 0 saturated carbocycles. The average Bonchev–Trinajstić information content (AvgIpc) is 2.60. The van der Waals surface area contributed by atoms with Crippen LogP contribution in [0.5, 0.6) is 0 Å². The summed E-state index contributed by atoms with van der Waals surface area (Å²) in [6.07, 6.45) is -2.18. The number of hydrogen-bond donors (Lipinski definition) is 0. The molecule has 0 aliphatic carbocycles. The van der Waals surface area contributed by atoms with E-state index in [1.807, 2.05) is 30.3 Å². The Labute approximate surface area is 140 Å². The standard InChI is InChI=1S/C17H22O7/c1-19-9-21-15-12-8-13(18)24-17(15)16(22-10-20-2)14(23-12)11-6-4-3-5-7-11/h3-7,12,14-17H,8-10H2,1-2H3/t12-,14-,15-,16+,17+/m0/s1. The van der Waals surface area contributed by atoms with Crippen molar-refractivity contribution < 1.29 is 33.2 Å². The predicted octanol–water partition coefficient (Wildman–Crippen LogP) is 1.42. The van der Waals surface area contributed by atoms with Crippen molar-refractivity contribution in [1.29, 1.82) is 0 Å². The third-order valence-corrected chi connectivity index (χ3v) is 4.15. The minimum Gasteiger partial charge on any atom is -0.456 e. The number of carbonyl (C=O) groups is 1. The molecule has 7 nitrogen and oxygen atoms in total. The van der Waals surface area contributed by atoms with Crippen molar-refractivity contribution in [3.8, 4) is 0 Å². The quantitative estimate of drug-likeness (QED) is 0.550. The zero-order valence-corrected chi connectivity index (χ0v) is 13.8. The first-order chi connectivity index (χ1) is 11.7. The molecule has 0 aromatic heterocycles. The average molecular weight is 338 g/mol. The summed E-state index contributed by atoms with van der Waals surface area (Å²) >= 11 is 0. The molecule has 0 spiro atoms. The molecule has 5 atom stereocenters. The minimum absolute atomic E-state index is 0.0626.